The van der Waals surface area contributed by atoms with Crippen LogP contribution in [0.25, 0.3) is 0 Å². The van der Waals surface area contributed by atoms with Crippen LogP contribution in [0, 0.1) is 11.6 Å². The number of aliphatic carboxylic acids is 1. The minimum absolute atomic E-state index is 0.00535. The summed E-state index contributed by atoms with van der Waals surface area (Å²) in [7, 11) is 1.75. The molecule has 0 saturated carbocycles. The number of hydrogen-bond acceptors (Lipinski definition) is 3. The summed E-state index contributed by atoms with van der Waals surface area (Å²) in [5, 5.41) is 8.70. The number of rotatable bonds is 8. The van der Waals surface area contributed by atoms with Gasteiger partial charge in [0.15, 0.2) is 0 Å². The van der Waals surface area contributed by atoms with Crippen LogP contribution in [-0.4, -0.2) is 36.1 Å². The number of hydrogen-bond donors (Lipinski definition) is 1. The number of carbonyl (C=O) groups is 1. The summed E-state index contributed by atoms with van der Waals surface area (Å²) >= 11 is 0. The van der Waals surface area contributed by atoms with Crippen molar-refractivity contribution in [2.45, 2.75) is 13.0 Å². The summed E-state index contributed by atoms with van der Waals surface area (Å²) in [6.07, 6.45) is 0.721. The number of carboxylic acids is 1. The molecule has 4 nitrogen and oxygen atoms in total. The summed E-state index contributed by atoms with van der Waals surface area (Å²) < 4.78 is 31.7. The highest BCUT2D eigenvalue weighted by molar-refractivity contribution is 5.69. The van der Waals surface area contributed by atoms with Crippen molar-refractivity contribution < 1.29 is 23.4 Å². The number of benzene rings is 2. The quantitative estimate of drug-likeness (QED) is 0.805. The molecule has 128 valence electrons. The molecule has 2 aromatic carbocycles. The van der Waals surface area contributed by atoms with Crippen molar-refractivity contribution in [1.29, 1.82) is 0 Å². The fourth-order valence-electron chi connectivity index (χ4n) is 2.24. The summed E-state index contributed by atoms with van der Waals surface area (Å²) in [5.74, 6) is -1.51. The number of ether oxygens (including phenoxy) is 1. The Hall–Kier alpha value is -2.47. The van der Waals surface area contributed by atoms with Gasteiger partial charge in [0.25, 0.3) is 0 Å². The fraction of sp³-hybridized carbons (Fsp3) is 0.278. The van der Waals surface area contributed by atoms with E-state index in [1.807, 2.05) is 12.1 Å². The van der Waals surface area contributed by atoms with Crippen molar-refractivity contribution in [3.8, 4) is 5.75 Å². The molecule has 0 spiro atoms. The lowest BCUT2D eigenvalue weighted by Crippen LogP contribution is -2.27. The highest BCUT2D eigenvalue weighted by atomic mass is 19.1. The molecule has 0 aromatic heterocycles. The van der Waals surface area contributed by atoms with Gasteiger partial charge >= 0.3 is 5.97 Å². The molecule has 0 amide bonds. The van der Waals surface area contributed by atoms with E-state index in [1.165, 1.54) is 12.1 Å². The van der Waals surface area contributed by atoms with E-state index < -0.39 is 17.6 Å². The molecule has 0 atom stereocenters. The Morgan fingerprint density at radius 3 is 2.29 bits per heavy atom. The first-order chi connectivity index (χ1) is 11.4. The molecule has 24 heavy (non-hydrogen) atoms. The first kappa shape index (κ1) is 17.9. The van der Waals surface area contributed by atoms with E-state index in [0.717, 1.165) is 18.1 Å². The molecule has 6 heteroatoms. The van der Waals surface area contributed by atoms with Crippen LogP contribution < -0.4 is 4.74 Å². The molecule has 0 saturated heterocycles. The van der Waals surface area contributed by atoms with E-state index >= 15 is 0 Å². The molecule has 0 heterocycles. The molecule has 0 radical (unpaired) electrons. The van der Waals surface area contributed by atoms with E-state index in [2.05, 4.69) is 0 Å². The molecule has 0 aliphatic rings. The first-order valence-electron chi connectivity index (χ1n) is 7.49. The zero-order chi connectivity index (χ0) is 17.5. The van der Waals surface area contributed by atoms with Crippen molar-refractivity contribution in [2.24, 2.45) is 0 Å². The number of carboxylic acid groups (broad SMARTS) is 1. The molecule has 1 N–H and O–H groups in total. The Labute approximate surface area is 139 Å². The third-order valence-electron chi connectivity index (χ3n) is 3.44. The Balaban J connectivity index is 1.84. The molecular formula is C18H19F2NO3. The van der Waals surface area contributed by atoms with Gasteiger partial charge in [-0.2, -0.15) is 0 Å². The molecule has 2 rings (SSSR count). The van der Waals surface area contributed by atoms with Crippen LogP contribution in [0.15, 0.2) is 42.5 Å². The van der Waals surface area contributed by atoms with Gasteiger partial charge < -0.3 is 9.84 Å². The van der Waals surface area contributed by atoms with Crippen LogP contribution in [0.4, 0.5) is 8.78 Å². The van der Waals surface area contributed by atoms with Crippen molar-refractivity contribution in [3.05, 3.63) is 65.2 Å². The van der Waals surface area contributed by atoms with Crippen molar-refractivity contribution in [1.82, 2.24) is 4.90 Å². The smallest absolute Gasteiger partial charge is 0.317 e. The summed E-state index contributed by atoms with van der Waals surface area (Å²) in [5.41, 5.74) is 1.48. The maximum Gasteiger partial charge on any atom is 0.317 e. The van der Waals surface area contributed by atoms with Gasteiger partial charge in [0.1, 0.15) is 24.0 Å². The van der Waals surface area contributed by atoms with Gasteiger partial charge in [-0.15, -0.1) is 0 Å². The normalized spacial score (nSPS) is 10.8. The highest BCUT2D eigenvalue weighted by Gasteiger charge is 2.05. The van der Waals surface area contributed by atoms with Crippen LogP contribution in [0.5, 0.6) is 5.75 Å². The average molecular weight is 335 g/mol. The van der Waals surface area contributed by atoms with Gasteiger partial charge in [-0.05, 0) is 48.9 Å². The van der Waals surface area contributed by atoms with Crippen molar-refractivity contribution in [2.75, 3.05) is 20.1 Å². The minimum Gasteiger partial charge on any atom is -0.489 e. The molecule has 0 aliphatic carbocycles. The molecule has 2 aromatic rings. The Bertz CT molecular complexity index is 669. The van der Waals surface area contributed by atoms with E-state index in [9.17, 15) is 13.6 Å². The van der Waals surface area contributed by atoms with Gasteiger partial charge in [-0.25, -0.2) is 8.78 Å². The van der Waals surface area contributed by atoms with E-state index in [-0.39, 0.29) is 13.2 Å². The topological polar surface area (TPSA) is 49.8 Å². The second-order valence-electron chi connectivity index (χ2n) is 5.59. The number of halogens is 2. The third kappa shape index (κ3) is 5.96. The average Bonchev–Trinajstić information content (AvgIpc) is 2.50. The molecule has 0 bridgehead atoms. The molecule has 0 aliphatic heterocycles. The minimum atomic E-state index is -0.852. The summed E-state index contributed by atoms with van der Waals surface area (Å²) in [4.78, 5) is 12.3. The zero-order valence-electron chi connectivity index (χ0n) is 13.3. The van der Waals surface area contributed by atoms with Gasteiger partial charge in [-0.3, -0.25) is 9.69 Å². The Morgan fingerprint density at radius 2 is 1.71 bits per heavy atom. The van der Waals surface area contributed by atoms with Gasteiger partial charge in [0.2, 0.25) is 0 Å². The highest BCUT2D eigenvalue weighted by Crippen LogP contribution is 2.16. The number of nitrogens with zero attached hydrogens (tertiary/aromatic N) is 1. The monoisotopic (exact) mass is 335 g/mol. The SMILES string of the molecule is CN(CCc1ccc(OCc2cc(F)cc(F)c2)cc1)CC(=O)O. The van der Waals surface area contributed by atoms with Gasteiger partial charge in [0, 0.05) is 12.6 Å². The summed E-state index contributed by atoms with van der Waals surface area (Å²) in [6.45, 7) is 0.718. The van der Waals surface area contributed by atoms with Crippen LogP contribution in [0.1, 0.15) is 11.1 Å². The van der Waals surface area contributed by atoms with E-state index in [1.54, 1.807) is 24.1 Å². The van der Waals surface area contributed by atoms with Crippen molar-refractivity contribution >= 4 is 5.97 Å². The lowest BCUT2D eigenvalue weighted by atomic mass is 10.1. The van der Waals surface area contributed by atoms with Crippen molar-refractivity contribution in [3.63, 3.8) is 0 Å². The standard InChI is InChI=1S/C18H19F2NO3/c1-21(11-18(22)23)7-6-13-2-4-17(5-3-13)24-12-14-8-15(19)10-16(20)9-14/h2-5,8-10H,6-7,11-12H2,1H3,(H,22,23). The van der Waals surface area contributed by atoms with E-state index in [4.69, 9.17) is 9.84 Å². The van der Waals surface area contributed by atoms with Crippen LogP contribution >= 0.6 is 0 Å². The molecule has 0 fully saturated rings. The van der Waals surface area contributed by atoms with Crippen LogP contribution in [-0.2, 0) is 17.8 Å². The lowest BCUT2D eigenvalue weighted by Gasteiger charge is -2.14. The largest absolute Gasteiger partial charge is 0.489 e. The predicted octanol–water partition coefficient (Wildman–Crippen LogP) is 3.10. The molecule has 0 unspecified atom stereocenters. The van der Waals surface area contributed by atoms with Gasteiger partial charge in [-0.1, -0.05) is 12.1 Å². The second kappa shape index (κ2) is 8.40. The van der Waals surface area contributed by atoms with E-state index in [0.29, 0.717) is 17.9 Å². The Morgan fingerprint density at radius 1 is 1.08 bits per heavy atom. The maximum atomic E-state index is 13.1. The van der Waals surface area contributed by atoms with Gasteiger partial charge in [0.05, 0.1) is 6.54 Å². The summed E-state index contributed by atoms with van der Waals surface area (Å²) in [6, 6.07) is 10.6. The third-order valence-corrected chi connectivity index (χ3v) is 3.44. The predicted molar refractivity (Wildman–Crippen MR) is 86.0 cm³/mol. The fourth-order valence-corrected chi connectivity index (χ4v) is 2.24. The lowest BCUT2D eigenvalue weighted by molar-refractivity contribution is -0.137. The van der Waals surface area contributed by atoms with Crippen LogP contribution in [0.3, 0.4) is 0 Å². The zero-order valence-corrected chi connectivity index (χ0v) is 13.3. The maximum absolute atomic E-state index is 13.1. The first-order valence-corrected chi connectivity index (χ1v) is 7.49. The number of likely N-dealkylation sites (N-methyl/N-ethyl adjacent to an activating group) is 1. The second-order valence-corrected chi connectivity index (χ2v) is 5.59. The molecular weight excluding hydrogens is 316 g/mol. The Kier molecular flexibility index (Phi) is 6.26. The van der Waals surface area contributed by atoms with Crippen LogP contribution in [0.2, 0.25) is 0 Å².